The average Bonchev–Trinajstić information content (AvgIpc) is 2.64. The van der Waals surface area contributed by atoms with Gasteiger partial charge in [-0.05, 0) is 60.4 Å². The van der Waals surface area contributed by atoms with Crippen molar-refractivity contribution < 1.29 is 14.6 Å². The maximum absolute atomic E-state index is 12.4. The molecule has 0 unspecified atom stereocenters. The van der Waals surface area contributed by atoms with Crippen LogP contribution >= 0.6 is 0 Å². The minimum absolute atomic E-state index is 0.0757. The van der Waals surface area contributed by atoms with Gasteiger partial charge in [0, 0.05) is 29.9 Å². The Morgan fingerprint density at radius 1 is 1.23 bits per heavy atom. The summed E-state index contributed by atoms with van der Waals surface area (Å²) in [5.41, 5.74) is 3.21. The topological polar surface area (TPSA) is 58.6 Å². The molecule has 0 amide bonds. The lowest BCUT2D eigenvalue weighted by Crippen LogP contribution is -2.00. The second-order valence-electron chi connectivity index (χ2n) is 6.48. The quantitative estimate of drug-likeness (QED) is 0.503. The molecule has 0 aliphatic rings. The van der Waals surface area contributed by atoms with Crippen LogP contribution in [0.2, 0.25) is 0 Å². The monoisotopic (exact) mass is 353 g/mol. The van der Waals surface area contributed by atoms with Gasteiger partial charge in [-0.15, -0.1) is 0 Å². The molecule has 0 heterocycles. The summed E-state index contributed by atoms with van der Waals surface area (Å²) in [6.45, 7) is 6.62. The third-order valence-electron chi connectivity index (χ3n) is 4.12. The molecule has 4 nitrogen and oxygen atoms in total. The molecule has 2 rings (SSSR count). The van der Waals surface area contributed by atoms with Gasteiger partial charge >= 0.3 is 0 Å². The standard InChI is InChI=1S/C22H27NO3/c1-5-12-26-22-14-21(25)19(15(2)3)13-17(22)8-11-20(24)16-6-9-18(23-4)10-7-16/h6-11,13-15,23,25H,5,12H2,1-4H3. The predicted molar refractivity (Wildman–Crippen MR) is 107 cm³/mol. The number of allylic oxidation sites excluding steroid dienone is 1. The minimum Gasteiger partial charge on any atom is -0.508 e. The van der Waals surface area contributed by atoms with E-state index in [9.17, 15) is 9.90 Å². The van der Waals surface area contributed by atoms with Crippen LogP contribution in [-0.2, 0) is 0 Å². The number of phenolic OH excluding ortho intramolecular Hbond substituents is 1. The normalized spacial score (nSPS) is 11.1. The Kier molecular flexibility index (Phi) is 6.84. The van der Waals surface area contributed by atoms with E-state index in [-0.39, 0.29) is 17.5 Å². The lowest BCUT2D eigenvalue weighted by atomic mass is 9.98. The fraction of sp³-hybridized carbons (Fsp3) is 0.318. The van der Waals surface area contributed by atoms with Gasteiger partial charge in [-0.3, -0.25) is 4.79 Å². The van der Waals surface area contributed by atoms with Crippen molar-refractivity contribution in [3.05, 3.63) is 59.2 Å². The first-order chi connectivity index (χ1) is 12.5. The summed E-state index contributed by atoms with van der Waals surface area (Å²) in [5, 5.41) is 13.2. The number of ketones is 1. The van der Waals surface area contributed by atoms with Crippen LogP contribution in [0, 0.1) is 0 Å². The summed E-state index contributed by atoms with van der Waals surface area (Å²) >= 11 is 0. The second-order valence-corrected chi connectivity index (χ2v) is 6.48. The number of rotatable bonds is 8. The Bertz CT molecular complexity index is 777. The number of carbonyl (C=O) groups excluding carboxylic acids is 1. The van der Waals surface area contributed by atoms with Crippen LogP contribution in [0.4, 0.5) is 5.69 Å². The number of nitrogens with one attached hydrogen (secondary N) is 1. The Labute approximate surface area is 155 Å². The number of hydrogen-bond donors (Lipinski definition) is 2. The van der Waals surface area contributed by atoms with E-state index in [4.69, 9.17) is 4.74 Å². The maximum atomic E-state index is 12.4. The number of phenols is 1. The van der Waals surface area contributed by atoms with E-state index in [0.717, 1.165) is 23.2 Å². The van der Waals surface area contributed by atoms with Crippen LogP contribution in [0.1, 0.15) is 54.6 Å². The average molecular weight is 353 g/mol. The zero-order chi connectivity index (χ0) is 19.1. The number of aromatic hydroxyl groups is 1. The van der Waals surface area contributed by atoms with Crippen molar-refractivity contribution >= 4 is 17.5 Å². The molecule has 0 aliphatic carbocycles. The van der Waals surface area contributed by atoms with Crippen molar-refractivity contribution in [2.24, 2.45) is 0 Å². The number of benzene rings is 2. The Morgan fingerprint density at radius 2 is 1.92 bits per heavy atom. The zero-order valence-electron chi connectivity index (χ0n) is 15.9. The van der Waals surface area contributed by atoms with E-state index >= 15 is 0 Å². The molecule has 138 valence electrons. The van der Waals surface area contributed by atoms with Crippen molar-refractivity contribution in [2.75, 3.05) is 19.0 Å². The van der Waals surface area contributed by atoms with Gasteiger partial charge in [0.1, 0.15) is 11.5 Å². The third kappa shape index (κ3) is 4.88. The Morgan fingerprint density at radius 3 is 2.50 bits per heavy atom. The molecular weight excluding hydrogens is 326 g/mol. The fourth-order valence-electron chi connectivity index (χ4n) is 2.60. The Hall–Kier alpha value is -2.75. The fourth-order valence-corrected chi connectivity index (χ4v) is 2.60. The zero-order valence-corrected chi connectivity index (χ0v) is 15.9. The van der Waals surface area contributed by atoms with Gasteiger partial charge in [0.05, 0.1) is 6.61 Å². The lowest BCUT2D eigenvalue weighted by molar-refractivity contribution is 0.104. The van der Waals surface area contributed by atoms with E-state index in [2.05, 4.69) is 5.32 Å². The van der Waals surface area contributed by atoms with Crippen molar-refractivity contribution in [2.45, 2.75) is 33.1 Å². The van der Waals surface area contributed by atoms with Gasteiger partial charge in [0.15, 0.2) is 5.78 Å². The molecule has 0 aliphatic heterocycles. The van der Waals surface area contributed by atoms with Crippen LogP contribution < -0.4 is 10.1 Å². The highest BCUT2D eigenvalue weighted by atomic mass is 16.5. The van der Waals surface area contributed by atoms with Crippen LogP contribution in [-0.4, -0.2) is 24.5 Å². The molecule has 0 atom stereocenters. The van der Waals surface area contributed by atoms with Crippen molar-refractivity contribution in [1.29, 1.82) is 0 Å². The molecule has 0 saturated heterocycles. The van der Waals surface area contributed by atoms with Gasteiger partial charge in [-0.1, -0.05) is 20.8 Å². The smallest absolute Gasteiger partial charge is 0.185 e. The van der Waals surface area contributed by atoms with Gasteiger partial charge in [0.25, 0.3) is 0 Å². The van der Waals surface area contributed by atoms with Crippen LogP contribution in [0.5, 0.6) is 11.5 Å². The van der Waals surface area contributed by atoms with Gasteiger partial charge in [0.2, 0.25) is 0 Å². The largest absolute Gasteiger partial charge is 0.508 e. The van der Waals surface area contributed by atoms with Crippen molar-refractivity contribution in [1.82, 2.24) is 0 Å². The van der Waals surface area contributed by atoms with E-state index in [0.29, 0.717) is 17.9 Å². The summed E-state index contributed by atoms with van der Waals surface area (Å²) < 4.78 is 5.74. The summed E-state index contributed by atoms with van der Waals surface area (Å²) in [4.78, 5) is 12.4. The summed E-state index contributed by atoms with van der Waals surface area (Å²) in [6, 6.07) is 10.9. The minimum atomic E-state index is -0.0757. The van der Waals surface area contributed by atoms with Crippen molar-refractivity contribution in [3.8, 4) is 11.5 Å². The van der Waals surface area contributed by atoms with Crippen LogP contribution in [0.25, 0.3) is 6.08 Å². The number of carbonyl (C=O) groups is 1. The van der Waals surface area contributed by atoms with Gasteiger partial charge < -0.3 is 15.2 Å². The first-order valence-corrected chi connectivity index (χ1v) is 8.96. The van der Waals surface area contributed by atoms with E-state index in [1.807, 2.05) is 46.0 Å². The first kappa shape index (κ1) is 19.6. The van der Waals surface area contributed by atoms with E-state index < -0.39 is 0 Å². The highest BCUT2D eigenvalue weighted by molar-refractivity contribution is 6.07. The van der Waals surface area contributed by atoms with Crippen LogP contribution in [0.15, 0.2) is 42.5 Å². The summed E-state index contributed by atoms with van der Waals surface area (Å²) in [7, 11) is 1.84. The molecule has 0 saturated carbocycles. The van der Waals surface area contributed by atoms with Crippen molar-refractivity contribution in [3.63, 3.8) is 0 Å². The number of ether oxygens (including phenoxy) is 1. The SMILES string of the molecule is CCCOc1cc(O)c(C(C)C)cc1C=CC(=O)c1ccc(NC)cc1. The van der Waals surface area contributed by atoms with E-state index in [1.165, 1.54) is 0 Å². The molecule has 0 fully saturated rings. The van der Waals surface area contributed by atoms with Crippen LogP contribution in [0.3, 0.4) is 0 Å². The highest BCUT2D eigenvalue weighted by Crippen LogP contribution is 2.33. The summed E-state index contributed by atoms with van der Waals surface area (Å²) in [5.74, 6) is 0.904. The molecule has 26 heavy (non-hydrogen) atoms. The third-order valence-corrected chi connectivity index (χ3v) is 4.12. The first-order valence-electron chi connectivity index (χ1n) is 8.96. The predicted octanol–water partition coefficient (Wildman–Crippen LogP) is 5.24. The molecule has 4 heteroatoms. The molecule has 0 bridgehead atoms. The van der Waals surface area contributed by atoms with Gasteiger partial charge in [-0.25, -0.2) is 0 Å². The molecule has 2 aromatic carbocycles. The molecule has 2 aromatic rings. The maximum Gasteiger partial charge on any atom is 0.185 e. The lowest BCUT2D eigenvalue weighted by Gasteiger charge is -2.14. The summed E-state index contributed by atoms with van der Waals surface area (Å²) in [6.07, 6.45) is 4.17. The Balaban J connectivity index is 2.30. The highest BCUT2D eigenvalue weighted by Gasteiger charge is 2.12. The molecule has 0 aromatic heterocycles. The second kappa shape index (κ2) is 9.09. The molecule has 2 N–H and O–H groups in total. The number of hydrogen-bond acceptors (Lipinski definition) is 4. The molecular formula is C22H27NO3. The van der Waals surface area contributed by atoms with E-state index in [1.54, 1.807) is 30.4 Å². The number of anilines is 1. The molecule has 0 radical (unpaired) electrons. The molecule has 0 spiro atoms. The van der Waals surface area contributed by atoms with Gasteiger partial charge in [-0.2, -0.15) is 0 Å².